The van der Waals surface area contributed by atoms with E-state index in [4.69, 9.17) is 0 Å². The summed E-state index contributed by atoms with van der Waals surface area (Å²) in [7, 11) is 0. The molecule has 0 aliphatic heterocycles. The maximum absolute atomic E-state index is 12.4. The van der Waals surface area contributed by atoms with Gasteiger partial charge in [0, 0.05) is 6.54 Å². The largest absolute Gasteiger partial charge is 0.348 e. The Hall–Kier alpha value is -2.88. The standard InChI is InChI=1S/C19H19N3O/c1-14-8-6-7-9-16(14)12-20-19(23)18-13-21-22(15(18)2)17-10-4-3-5-11-17/h3-11,13H,12H2,1-2H3,(H,20,23). The van der Waals surface area contributed by atoms with E-state index in [0.29, 0.717) is 12.1 Å². The van der Waals surface area contributed by atoms with Crippen molar-refractivity contribution >= 4 is 5.91 Å². The molecule has 1 amide bonds. The van der Waals surface area contributed by atoms with E-state index < -0.39 is 0 Å². The van der Waals surface area contributed by atoms with Gasteiger partial charge in [0.15, 0.2) is 0 Å². The van der Waals surface area contributed by atoms with Gasteiger partial charge in [-0.05, 0) is 37.1 Å². The molecule has 4 nitrogen and oxygen atoms in total. The number of hydrogen-bond acceptors (Lipinski definition) is 2. The summed E-state index contributed by atoms with van der Waals surface area (Å²) in [6, 6.07) is 17.8. The van der Waals surface area contributed by atoms with Crippen molar-refractivity contribution in [1.29, 1.82) is 0 Å². The number of benzene rings is 2. The van der Waals surface area contributed by atoms with Crippen LogP contribution in [0.25, 0.3) is 5.69 Å². The number of aryl methyl sites for hydroxylation is 1. The molecule has 3 rings (SSSR count). The van der Waals surface area contributed by atoms with E-state index in [9.17, 15) is 4.79 Å². The molecule has 0 saturated carbocycles. The first-order valence-corrected chi connectivity index (χ1v) is 7.59. The number of carbonyl (C=O) groups is 1. The first-order chi connectivity index (χ1) is 11.2. The first-order valence-electron chi connectivity index (χ1n) is 7.59. The van der Waals surface area contributed by atoms with Gasteiger partial charge in [-0.1, -0.05) is 42.5 Å². The second kappa shape index (κ2) is 6.48. The van der Waals surface area contributed by atoms with Crippen LogP contribution in [0.5, 0.6) is 0 Å². The zero-order chi connectivity index (χ0) is 16.2. The summed E-state index contributed by atoms with van der Waals surface area (Å²) < 4.78 is 1.78. The lowest BCUT2D eigenvalue weighted by atomic mass is 10.1. The molecular weight excluding hydrogens is 286 g/mol. The van der Waals surface area contributed by atoms with Crippen LogP contribution < -0.4 is 5.32 Å². The van der Waals surface area contributed by atoms with Crippen molar-refractivity contribution in [2.24, 2.45) is 0 Å². The van der Waals surface area contributed by atoms with Gasteiger partial charge in [0.1, 0.15) is 0 Å². The number of nitrogens with zero attached hydrogens (tertiary/aromatic N) is 2. The van der Waals surface area contributed by atoms with E-state index in [-0.39, 0.29) is 5.91 Å². The normalized spacial score (nSPS) is 10.5. The van der Waals surface area contributed by atoms with Gasteiger partial charge in [-0.2, -0.15) is 5.10 Å². The lowest BCUT2D eigenvalue weighted by Gasteiger charge is -2.08. The second-order valence-electron chi connectivity index (χ2n) is 5.50. The van der Waals surface area contributed by atoms with Crippen molar-refractivity contribution in [3.05, 3.63) is 83.2 Å². The lowest BCUT2D eigenvalue weighted by molar-refractivity contribution is 0.0950. The Morgan fingerprint density at radius 3 is 2.48 bits per heavy atom. The summed E-state index contributed by atoms with van der Waals surface area (Å²) in [6.45, 7) is 4.46. The van der Waals surface area contributed by atoms with Crippen LogP contribution >= 0.6 is 0 Å². The number of para-hydroxylation sites is 1. The number of rotatable bonds is 4. The molecule has 116 valence electrons. The molecule has 0 aliphatic carbocycles. The van der Waals surface area contributed by atoms with Crippen molar-refractivity contribution in [3.63, 3.8) is 0 Å². The number of nitrogens with one attached hydrogen (secondary N) is 1. The minimum absolute atomic E-state index is 0.104. The molecule has 1 aromatic heterocycles. The molecule has 3 aromatic rings. The van der Waals surface area contributed by atoms with Gasteiger partial charge < -0.3 is 5.32 Å². The van der Waals surface area contributed by atoms with Crippen LogP contribution in [0.15, 0.2) is 60.8 Å². The van der Waals surface area contributed by atoms with Crippen LogP contribution in [0.2, 0.25) is 0 Å². The topological polar surface area (TPSA) is 46.9 Å². The van der Waals surface area contributed by atoms with Crippen LogP contribution in [-0.4, -0.2) is 15.7 Å². The maximum atomic E-state index is 12.4. The highest BCUT2D eigenvalue weighted by Crippen LogP contribution is 2.14. The molecule has 4 heteroatoms. The Kier molecular flexibility index (Phi) is 4.24. The van der Waals surface area contributed by atoms with Crippen molar-refractivity contribution in [3.8, 4) is 5.69 Å². The molecule has 0 fully saturated rings. The van der Waals surface area contributed by atoms with Crippen LogP contribution in [-0.2, 0) is 6.54 Å². The maximum Gasteiger partial charge on any atom is 0.255 e. The number of carbonyl (C=O) groups excluding carboxylic acids is 1. The highest BCUT2D eigenvalue weighted by molar-refractivity contribution is 5.95. The van der Waals surface area contributed by atoms with E-state index in [2.05, 4.69) is 10.4 Å². The molecule has 0 saturated heterocycles. The summed E-state index contributed by atoms with van der Waals surface area (Å²) >= 11 is 0. The fourth-order valence-corrected chi connectivity index (χ4v) is 2.54. The molecule has 0 atom stereocenters. The predicted molar refractivity (Wildman–Crippen MR) is 90.7 cm³/mol. The van der Waals surface area contributed by atoms with Crippen molar-refractivity contribution in [2.45, 2.75) is 20.4 Å². The zero-order valence-corrected chi connectivity index (χ0v) is 13.3. The van der Waals surface area contributed by atoms with E-state index >= 15 is 0 Å². The first kappa shape index (κ1) is 15.0. The number of aromatic nitrogens is 2. The van der Waals surface area contributed by atoms with E-state index in [1.165, 1.54) is 5.56 Å². The van der Waals surface area contributed by atoms with Gasteiger partial charge in [0.05, 0.1) is 23.1 Å². The fraction of sp³-hybridized carbons (Fsp3) is 0.158. The lowest BCUT2D eigenvalue weighted by Crippen LogP contribution is -2.23. The van der Waals surface area contributed by atoms with E-state index in [0.717, 1.165) is 16.9 Å². The minimum Gasteiger partial charge on any atom is -0.348 e. The van der Waals surface area contributed by atoms with Crippen LogP contribution in [0.3, 0.4) is 0 Å². The van der Waals surface area contributed by atoms with E-state index in [1.807, 2.05) is 68.4 Å². The third-order valence-electron chi connectivity index (χ3n) is 3.96. The monoisotopic (exact) mass is 305 g/mol. The van der Waals surface area contributed by atoms with Gasteiger partial charge in [0.25, 0.3) is 5.91 Å². The number of amides is 1. The van der Waals surface area contributed by atoms with Gasteiger partial charge >= 0.3 is 0 Å². The molecular formula is C19H19N3O. The fourth-order valence-electron chi connectivity index (χ4n) is 2.54. The second-order valence-corrected chi connectivity index (χ2v) is 5.50. The Morgan fingerprint density at radius 2 is 1.74 bits per heavy atom. The Bertz CT molecular complexity index is 822. The molecule has 0 unspecified atom stereocenters. The van der Waals surface area contributed by atoms with Gasteiger partial charge in [-0.3, -0.25) is 4.79 Å². The highest BCUT2D eigenvalue weighted by atomic mass is 16.1. The third kappa shape index (κ3) is 3.16. The Balaban J connectivity index is 1.76. The number of hydrogen-bond donors (Lipinski definition) is 1. The summed E-state index contributed by atoms with van der Waals surface area (Å²) in [4.78, 5) is 12.4. The Labute approximate surface area is 135 Å². The van der Waals surface area contributed by atoms with Crippen LogP contribution in [0, 0.1) is 13.8 Å². The molecule has 23 heavy (non-hydrogen) atoms. The smallest absolute Gasteiger partial charge is 0.255 e. The average molecular weight is 305 g/mol. The SMILES string of the molecule is Cc1ccccc1CNC(=O)c1cnn(-c2ccccc2)c1C. The molecule has 0 radical (unpaired) electrons. The van der Waals surface area contributed by atoms with E-state index in [1.54, 1.807) is 10.9 Å². The van der Waals surface area contributed by atoms with Gasteiger partial charge in [0.2, 0.25) is 0 Å². The molecule has 1 heterocycles. The quantitative estimate of drug-likeness (QED) is 0.803. The molecule has 0 bridgehead atoms. The van der Waals surface area contributed by atoms with Crippen LogP contribution in [0.1, 0.15) is 27.2 Å². The molecule has 1 N–H and O–H groups in total. The summed E-state index contributed by atoms with van der Waals surface area (Å²) in [6.07, 6.45) is 1.62. The van der Waals surface area contributed by atoms with Gasteiger partial charge in [-0.15, -0.1) is 0 Å². The summed E-state index contributed by atoms with van der Waals surface area (Å²) in [5.41, 5.74) is 4.67. The van der Waals surface area contributed by atoms with Crippen LogP contribution in [0.4, 0.5) is 0 Å². The third-order valence-corrected chi connectivity index (χ3v) is 3.96. The molecule has 0 aliphatic rings. The minimum atomic E-state index is -0.104. The zero-order valence-electron chi connectivity index (χ0n) is 13.3. The molecule has 2 aromatic carbocycles. The van der Waals surface area contributed by atoms with Crippen molar-refractivity contribution in [2.75, 3.05) is 0 Å². The summed E-state index contributed by atoms with van der Waals surface area (Å²) in [5, 5.41) is 7.30. The predicted octanol–water partition coefficient (Wildman–Crippen LogP) is 3.42. The summed E-state index contributed by atoms with van der Waals surface area (Å²) in [5.74, 6) is -0.104. The molecule has 0 spiro atoms. The van der Waals surface area contributed by atoms with Crippen molar-refractivity contribution in [1.82, 2.24) is 15.1 Å². The Morgan fingerprint density at radius 1 is 1.04 bits per heavy atom. The van der Waals surface area contributed by atoms with Crippen molar-refractivity contribution < 1.29 is 4.79 Å². The highest BCUT2D eigenvalue weighted by Gasteiger charge is 2.14. The average Bonchev–Trinajstić information content (AvgIpc) is 2.96. The van der Waals surface area contributed by atoms with Gasteiger partial charge in [-0.25, -0.2) is 4.68 Å².